The van der Waals surface area contributed by atoms with Crippen LogP contribution >= 0.6 is 0 Å². The summed E-state index contributed by atoms with van der Waals surface area (Å²) in [5.41, 5.74) is -0.399. The first kappa shape index (κ1) is 9.44. The highest BCUT2D eigenvalue weighted by molar-refractivity contribution is 4.87. The summed E-state index contributed by atoms with van der Waals surface area (Å²) in [7, 11) is 0. The van der Waals surface area contributed by atoms with Gasteiger partial charge in [-0.25, -0.2) is 0 Å². The quantitative estimate of drug-likeness (QED) is 0.643. The fourth-order valence-electron chi connectivity index (χ4n) is 2.23. The van der Waals surface area contributed by atoms with Crippen molar-refractivity contribution >= 4 is 0 Å². The van der Waals surface area contributed by atoms with E-state index in [9.17, 15) is 5.11 Å². The lowest BCUT2D eigenvalue weighted by atomic mass is 9.93. The third kappa shape index (κ3) is 2.42. The van der Waals surface area contributed by atoms with Crippen molar-refractivity contribution in [1.29, 1.82) is 0 Å². The fourth-order valence-corrected chi connectivity index (χ4v) is 2.23. The molecule has 0 saturated carbocycles. The second kappa shape index (κ2) is 3.95. The second-order valence-electron chi connectivity index (χ2n) is 4.46. The number of β-amino-alcohol motifs (C(OH)–C–C–N with tert-alkyl or cyclic N) is 1. The number of rotatable bonds is 2. The van der Waals surface area contributed by atoms with Gasteiger partial charge in [0.15, 0.2) is 0 Å². The first-order valence-electron chi connectivity index (χ1n) is 5.44. The van der Waals surface area contributed by atoms with Gasteiger partial charge in [-0.15, -0.1) is 0 Å². The largest absolute Gasteiger partial charge is 0.389 e. The summed E-state index contributed by atoms with van der Waals surface area (Å²) >= 11 is 0. The van der Waals surface area contributed by atoms with Crippen molar-refractivity contribution in [3.63, 3.8) is 0 Å². The summed E-state index contributed by atoms with van der Waals surface area (Å²) in [6.07, 6.45) is 4.32. The van der Waals surface area contributed by atoms with Crippen LogP contribution in [0.3, 0.4) is 0 Å². The molecule has 0 aromatic heterocycles. The molecule has 2 heterocycles. The minimum atomic E-state index is -0.399. The minimum absolute atomic E-state index is 0.399. The van der Waals surface area contributed by atoms with Gasteiger partial charge in [-0.2, -0.15) is 0 Å². The minimum Gasteiger partial charge on any atom is -0.389 e. The average Bonchev–Trinajstić information content (AvgIpc) is 2.24. The molecule has 76 valence electrons. The van der Waals surface area contributed by atoms with Gasteiger partial charge < -0.3 is 15.3 Å². The van der Waals surface area contributed by atoms with Crippen molar-refractivity contribution in [2.45, 2.75) is 31.3 Å². The number of aliphatic hydroxyl groups is 1. The molecule has 2 aliphatic heterocycles. The third-order valence-corrected chi connectivity index (χ3v) is 3.23. The second-order valence-corrected chi connectivity index (χ2v) is 4.46. The van der Waals surface area contributed by atoms with Crippen LogP contribution in [0.1, 0.15) is 25.7 Å². The molecule has 13 heavy (non-hydrogen) atoms. The molecule has 2 aliphatic rings. The molecule has 1 atom stereocenters. The number of hydrogen-bond acceptors (Lipinski definition) is 3. The smallest absolute Gasteiger partial charge is 0.0786 e. The van der Waals surface area contributed by atoms with E-state index in [1.165, 1.54) is 19.5 Å². The lowest BCUT2D eigenvalue weighted by Crippen LogP contribution is -2.49. The van der Waals surface area contributed by atoms with Crippen LogP contribution in [0.5, 0.6) is 0 Å². The molecule has 2 fully saturated rings. The molecule has 0 bridgehead atoms. The summed E-state index contributed by atoms with van der Waals surface area (Å²) < 4.78 is 0. The molecule has 0 aliphatic carbocycles. The van der Waals surface area contributed by atoms with Gasteiger partial charge in [-0.3, -0.25) is 0 Å². The average molecular weight is 184 g/mol. The monoisotopic (exact) mass is 184 g/mol. The predicted molar refractivity (Wildman–Crippen MR) is 52.7 cm³/mol. The van der Waals surface area contributed by atoms with Gasteiger partial charge in [0.25, 0.3) is 0 Å². The van der Waals surface area contributed by atoms with Gasteiger partial charge in [0.1, 0.15) is 0 Å². The van der Waals surface area contributed by atoms with E-state index in [0.717, 1.165) is 38.9 Å². The van der Waals surface area contributed by atoms with E-state index in [0.29, 0.717) is 0 Å². The zero-order valence-electron chi connectivity index (χ0n) is 8.26. The fraction of sp³-hybridized carbons (Fsp3) is 1.00. The highest BCUT2D eigenvalue weighted by Gasteiger charge is 2.31. The van der Waals surface area contributed by atoms with E-state index in [4.69, 9.17) is 0 Å². The van der Waals surface area contributed by atoms with Crippen LogP contribution in [0.4, 0.5) is 0 Å². The van der Waals surface area contributed by atoms with Crippen molar-refractivity contribution in [3.05, 3.63) is 0 Å². The molecule has 0 aromatic rings. The van der Waals surface area contributed by atoms with Gasteiger partial charge in [-0.1, -0.05) is 0 Å². The van der Waals surface area contributed by atoms with E-state index in [1.54, 1.807) is 0 Å². The Hall–Kier alpha value is -0.120. The van der Waals surface area contributed by atoms with Gasteiger partial charge in [0, 0.05) is 6.54 Å². The predicted octanol–water partition coefficient (Wildman–Crippen LogP) is 0.197. The zero-order valence-corrected chi connectivity index (χ0v) is 8.26. The number of nitrogens with zero attached hydrogens (tertiary/aromatic N) is 1. The lowest BCUT2D eigenvalue weighted by molar-refractivity contribution is -0.0221. The molecular formula is C10H20N2O. The molecule has 2 rings (SSSR count). The van der Waals surface area contributed by atoms with Crippen molar-refractivity contribution in [1.82, 2.24) is 10.2 Å². The van der Waals surface area contributed by atoms with E-state index < -0.39 is 5.60 Å². The molecule has 2 saturated heterocycles. The Bertz CT molecular complexity index is 160. The van der Waals surface area contributed by atoms with Gasteiger partial charge in [-0.05, 0) is 51.9 Å². The summed E-state index contributed by atoms with van der Waals surface area (Å²) in [5.74, 6) is 0. The van der Waals surface area contributed by atoms with Crippen LogP contribution in [0.25, 0.3) is 0 Å². The molecule has 0 spiro atoms. The van der Waals surface area contributed by atoms with Crippen molar-refractivity contribution < 1.29 is 5.11 Å². The van der Waals surface area contributed by atoms with Gasteiger partial charge in [0.05, 0.1) is 5.60 Å². The standard InChI is InChI=1S/C10H20N2O/c13-10(9-12-7-2-8-12)3-1-5-11-6-4-10/h11,13H,1-9H2. The Labute approximate surface area is 80.1 Å². The normalized spacial score (nSPS) is 36.7. The van der Waals surface area contributed by atoms with Crippen molar-refractivity contribution in [3.8, 4) is 0 Å². The van der Waals surface area contributed by atoms with Crippen LogP contribution in [0, 0.1) is 0 Å². The molecule has 1 unspecified atom stereocenters. The molecule has 0 amide bonds. The van der Waals surface area contributed by atoms with Crippen LogP contribution in [-0.2, 0) is 0 Å². The summed E-state index contributed by atoms with van der Waals surface area (Å²) in [4.78, 5) is 2.37. The van der Waals surface area contributed by atoms with E-state index in [2.05, 4.69) is 10.2 Å². The summed E-state index contributed by atoms with van der Waals surface area (Å²) in [6.45, 7) is 5.33. The molecule has 0 radical (unpaired) electrons. The summed E-state index contributed by atoms with van der Waals surface area (Å²) in [6, 6.07) is 0. The number of nitrogens with one attached hydrogen (secondary N) is 1. The molecule has 2 N–H and O–H groups in total. The van der Waals surface area contributed by atoms with Crippen molar-refractivity contribution in [2.24, 2.45) is 0 Å². The van der Waals surface area contributed by atoms with Crippen LogP contribution < -0.4 is 5.32 Å². The highest BCUT2D eigenvalue weighted by atomic mass is 16.3. The topological polar surface area (TPSA) is 35.5 Å². The summed E-state index contributed by atoms with van der Waals surface area (Å²) in [5, 5.41) is 13.6. The van der Waals surface area contributed by atoms with Crippen LogP contribution in [0.2, 0.25) is 0 Å². The third-order valence-electron chi connectivity index (χ3n) is 3.23. The Balaban J connectivity index is 1.84. The Morgan fingerprint density at radius 3 is 2.69 bits per heavy atom. The maximum atomic E-state index is 10.3. The van der Waals surface area contributed by atoms with E-state index >= 15 is 0 Å². The molecule has 0 aromatic carbocycles. The lowest BCUT2D eigenvalue weighted by Gasteiger charge is -2.38. The number of hydrogen-bond donors (Lipinski definition) is 2. The molecule has 3 nitrogen and oxygen atoms in total. The van der Waals surface area contributed by atoms with Gasteiger partial charge >= 0.3 is 0 Å². The maximum Gasteiger partial charge on any atom is 0.0786 e. The SMILES string of the molecule is OC1(CN2CCC2)CCCNCC1. The number of likely N-dealkylation sites (tertiary alicyclic amines) is 1. The Morgan fingerprint density at radius 2 is 2.00 bits per heavy atom. The van der Waals surface area contributed by atoms with Crippen LogP contribution in [-0.4, -0.2) is 48.3 Å². The Kier molecular flexibility index (Phi) is 2.86. The maximum absolute atomic E-state index is 10.3. The first-order chi connectivity index (χ1) is 6.29. The molecular weight excluding hydrogens is 164 g/mol. The van der Waals surface area contributed by atoms with Crippen LogP contribution in [0.15, 0.2) is 0 Å². The van der Waals surface area contributed by atoms with Crippen molar-refractivity contribution in [2.75, 3.05) is 32.7 Å². The zero-order chi connectivity index (χ0) is 9.15. The van der Waals surface area contributed by atoms with E-state index in [-0.39, 0.29) is 0 Å². The Morgan fingerprint density at radius 1 is 1.15 bits per heavy atom. The highest BCUT2D eigenvalue weighted by Crippen LogP contribution is 2.22. The molecule has 3 heteroatoms. The van der Waals surface area contributed by atoms with Gasteiger partial charge in [0.2, 0.25) is 0 Å². The first-order valence-corrected chi connectivity index (χ1v) is 5.44. The van der Waals surface area contributed by atoms with E-state index in [1.807, 2.05) is 0 Å².